The van der Waals surface area contributed by atoms with Gasteiger partial charge in [-0.25, -0.2) is 0 Å². The predicted octanol–water partition coefficient (Wildman–Crippen LogP) is 1.50. The molecule has 180 valence electrons. The maximum Gasteiger partial charge on any atom is 0.573 e. The monoisotopic (exact) mass is 471 g/mol. The summed E-state index contributed by atoms with van der Waals surface area (Å²) in [4.78, 5) is 1.96. The molecule has 11 heteroatoms. The van der Waals surface area contributed by atoms with E-state index in [1.54, 1.807) is 18.2 Å². The number of aliphatic hydroxyl groups excluding tert-OH is 4. The number of nitrogens with zero attached hydrogens (tertiary/aromatic N) is 1. The Morgan fingerprint density at radius 1 is 1.00 bits per heavy atom. The molecule has 0 unspecified atom stereocenters. The van der Waals surface area contributed by atoms with Crippen molar-refractivity contribution in [2.24, 2.45) is 0 Å². The average Bonchev–Trinajstić information content (AvgIpc) is 2.78. The van der Waals surface area contributed by atoms with Gasteiger partial charge in [-0.3, -0.25) is 0 Å². The van der Waals surface area contributed by atoms with Crippen LogP contribution in [0.4, 0.5) is 18.9 Å². The normalized spacial score (nSPS) is 27.6. The molecule has 2 aliphatic heterocycles. The van der Waals surface area contributed by atoms with Crippen LogP contribution in [0.1, 0.15) is 17.2 Å². The highest BCUT2D eigenvalue weighted by molar-refractivity contribution is 5.62. The maximum atomic E-state index is 12.4. The van der Waals surface area contributed by atoms with Crippen LogP contribution in [-0.4, -0.2) is 71.0 Å². The molecular weight excluding hydrogens is 447 g/mol. The Balaban J connectivity index is 1.55. The molecule has 2 aliphatic rings. The quantitative estimate of drug-likeness (QED) is 0.519. The van der Waals surface area contributed by atoms with Gasteiger partial charge in [-0.2, -0.15) is 0 Å². The molecule has 4 rings (SSSR count). The van der Waals surface area contributed by atoms with E-state index in [-0.39, 0.29) is 5.75 Å². The molecule has 5 atom stereocenters. The van der Waals surface area contributed by atoms with Crippen LogP contribution in [0.25, 0.3) is 0 Å². The number of ether oxygens (including phenoxy) is 3. The van der Waals surface area contributed by atoms with Gasteiger partial charge >= 0.3 is 6.36 Å². The third-order valence-corrected chi connectivity index (χ3v) is 5.69. The molecule has 0 saturated carbocycles. The average molecular weight is 471 g/mol. The SMILES string of the molecule is OC[C@H]1O[C@@H](c2ccc3c(c2)N(Cc2ccc(OC(F)(F)F)cc2)CCO3)[C@H](O)[C@@H](O)[C@@H]1O. The number of fused-ring (bicyclic) bond motifs is 1. The minimum atomic E-state index is -4.76. The molecule has 2 aromatic carbocycles. The molecule has 8 nitrogen and oxygen atoms in total. The molecule has 33 heavy (non-hydrogen) atoms. The first kappa shape index (κ1) is 23.6. The fourth-order valence-corrected chi connectivity index (χ4v) is 4.03. The molecule has 0 bridgehead atoms. The second kappa shape index (κ2) is 9.35. The molecule has 4 N–H and O–H groups in total. The van der Waals surface area contributed by atoms with Crippen LogP contribution < -0.4 is 14.4 Å². The van der Waals surface area contributed by atoms with Gasteiger partial charge in [0.15, 0.2) is 0 Å². The van der Waals surface area contributed by atoms with Crippen molar-refractivity contribution in [2.45, 2.75) is 43.4 Å². The van der Waals surface area contributed by atoms with Crippen molar-refractivity contribution in [3.63, 3.8) is 0 Å². The summed E-state index contributed by atoms with van der Waals surface area (Å²) in [6.07, 6.45) is -11.2. The van der Waals surface area contributed by atoms with Gasteiger partial charge < -0.3 is 39.5 Å². The number of aliphatic hydroxyl groups is 4. The summed E-state index contributed by atoms with van der Waals surface area (Å²) in [7, 11) is 0. The zero-order valence-electron chi connectivity index (χ0n) is 17.4. The molecule has 0 radical (unpaired) electrons. The Morgan fingerprint density at radius 3 is 2.39 bits per heavy atom. The van der Waals surface area contributed by atoms with Gasteiger partial charge in [-0.05, 0) is 35.4 Å². The van der Waals surface area contributed by atoms with Crippen LogP contribution in [0.5, 0.6) is 11.5 Å². The maximum absolute atomic E-state index is 12.4. The van der Waals surface area contributed by atoms with E-state index in [9.17, 15) is 33.6 Å². The van der Waals surface area contributed by atoms with Crippen molar-refractivity contribution in [2.75, 3.05) is 24.7 Å². The number of rotatable bonds is 5. The molecule has 2 aromatic rings. The van der Waals surface area contributed by atoms with Gasteiger partial charge in [0.1, 0.15) is 48.6 Å². The molecular formula is C22H24F3NO7. The number of hydrogen-bond acceptors (Lipinski definition) is 8. The van der Waals surface area contributed by atoms with Crippen LogP contribution in [0.15, 0.2) is 42.5 Å². The Morgan fingerprint density at radius 2 is 1.73 bits per heavy atom. The highest BCUT2D eigenvalue weighted by Crippen LogP contribution is 2.39. The standard InChI is InChI=1S/C22H24F3NO7/c23-22(24,25)33-14-4-1-12(2-5-14)10-26-7-8-31-16-6-3-13(9-15(16)26)21-20(30)19(29)18(28)17(11-27)32-21/h1-6,9,17-21,27-30H,7-8,10-11H2/t17-,18-,19+,20-,21+/m1/s1. The van der Waals surface area contributed by atoms with Crippen LogP contribution >= 0.6 is 0 Å². The van der Waals surface area contributed by atoms with Crippen LogP contribution in [-0.2, 0) is 11.3 Å². The Hall–Kier alpha value is -2.57. The number of anilines is 1. The first-order valence-electron chi connectivity index (χ1n) is 10.3. The lowest BCUT2D eigenvalue weighted by Crippen LogP contribution is -2.55. The number of hydrogen-bond donors (Lipinski definition) is 4. The second-order valence-corrected chi connectivity index (χ2v) is 7.94. The third kappa shape index (κ3) is 5.17. The lowest BCUT2D eigenvalue weighted by atomic mass is 9.91. The van der Waals surface area contributed by atoms with Gasteiger partial charge in [0.05, 0.1) is 18.8 Å². The van der Waals surface area contributed by atoms with E-state index in [1.807, 2.05) is 4.90 Å². The first-order valence-corrected chi connectivity index (χ1v) is 10.3. The molecule has 1 fully saturated rings. The smallest absolute Gasteiger partial charge is 0.490 e. The minimum Gasteiger partial charge on any atom is -0.490 e. The lowest BCUT2D eigenvalue weighted by Gasteiger charge is -2.40. The summed E-state index contributed by atoms with van der Waals surface area (Å²) in [5.74, 6) is 0.269. The van der Waals surface area contributed by atoms with Gasteiger partial charge in [0, 0.05) is 6.54 Å². The van der Waals surface area contributed by atoms with Crippen molar-refractivity contribution in [3.05, 3.63) is 53.6 Å². The predicted molar refractivity (Wildman–Crippen MR) is 109 cm³/mol. The zero-order valence-corrected chi connectivity index (χ0v) is 17.4. The number of benzene rings is 2. The van der Waals surface area contributed by atoms with E-state index >= 15 is 0 Å². The number of halogens is 3. The molecule has 0 aliphatic carbocycles. The third-order valence-electron chi connectivity index (χ3n) is 5.69. The fourth-order valence-electron chi connectivity index (χ4n) is 4.03. The second-order valence-electron chi connectivity index (χ2n) is 7.94. The van der Waals surface area contributed by atoms with Crippen LogP contribution in [0.2, 0.25) is 0 Å². The van der Waals surface area contributed by atoms with E-state index in [0.717, 1.165) is 5.56 Å². The highest BCUT2D eigenvalue weighted by Gasteiger charge is 2.44. The molecule has 2 heterocycles. The summed E-state index contributed by atoms with van der Waals surface area (Å²) in [6.45, 7) is 0.754. The summed E-state index contributed by atoms with van der Waals surface area (Å²) < 4.78 is 52.4. The van der Waals surface area contributed by atoms with Gasteiger partial charge in [0.2, 0.25) is 0 Å². The zero-order chi connectivity index (χ0) is 23.8. The molecule has 1 saturated heterocycles. The Kier molecular flexibility index (Phi) is 6.68. The summed E-state index contributed by atoms with van der Waals surface area (Å²) >= 11 is 0. The molecule has 0 amide bonds. The molecule has 0 spiro atoms. The Bertz CT molecular complexity index is 954. The fraction of sp³-hybridized carbons (Fsp3) is 0.455. The van der Waals surface area contributed by atoms with Gasteiger partial charge in [-0.1, -0.05) is 18.2 Å². The highest BCUT2D eigenvalue weighted by atomic mass is 19.4. The van der Waals surface area contributed by atoms with Crippen LogP contribution in [0, 0.1) is 0 Å². The van der Waals surface area contributed by atoms with E-state index in [0.29, 0.717) is 36.7 Å². The minimum absolute atomic E-state index is 0.307. The molecule has 0 aromatic heterocycles. The summed E-state index contributed by atoms with van der Waals surface area (Å²) in [6, 6.07) is 10.7. The van der Waals surface area contributed by atoms with Crippen molar-refractivity contribution in [3.8, 4) is 11.5 Å². The first-order chi connectivity index (χ1) is 15.7. The van der Waals surface area contributed by atoms with Gasteiger partial charge in [0.25, 0.3) is 0 Å². The Labute approximate surface area is 187 Å². The van der Waals surface area contributed by atoms with Crippen LogP contribution in [0.3, 0.4) is 0 Å². The van der Waals surface area contributed by atoms with E-state index in [2.05, 4.69) is 4.74 Å². The summed E-state index contributed by atoms with van der Waals surface area (Å²) in [5.41, 5.74) is 1.93. The van der Waals surface area contributed by atoms with Crippen molar-refractivity contribution in [1.29, 1.82) is 0 Å². The van der Waals surface area contributed by atoms with Crippen molar-refractivity contribution >= 4 is 5.69 Å². The van der Waals surface area contributed by atoms with Crippen molar-refractivity contribution in [1.82, 2.24) is 0 Å². The topological polar surface area (TPSA) is 112 Å². The van der Waals surface area contributed by atoms with E-state index < -0.39 is 43.5 Å². The summed E-state index contributed by atoms with van der Waals surface area (Å²) in [5, 5.41) is 40.0. The van der Waals surface area contributed by atoms with Gasteiger partial charge in [-0.15, -0.1) is 13.2 Å². The van der Waals surface area contributed by atoms with E-state index in [4.69, 9.17) is 9.47 Å². The lowest BCUT2D eigenvalue weighted by molar-refractivity contribution is -0.274. The van der Waals surface area contributed by atoms with Crippen molar-refractivity contribution < 1.29 is 47.8 Å². The van der Waals surface area contributed by atoms with E-state index in [1.165, 1.54) is 24.3 Å². The number of alkyl halides is 3. The largest absolute Gasteiger partial charge is 0.573 e.